The fraction of sp³-hybridized carbons (Fsp3) is 0.333. The molecule has 1 amide bonds. The van der Waals surface area contributed by atoms with Crippen LogP contribution in [0.4, 0.5) is 5.69 Å². The van der Waals surface area contributed by atoms with E-state index in [1.54, 1.807) is 6.20 Å². The smallest absolute Gasteiger partial charge is 0.225 e. The maximum absolute atomic E-state index is 11.9. The predicted molar refractivity (Wildman–Crippen MR) is 78.3 cm³/mol. The zero-order valence-electron chi connectivity index (χ0n) is 11.7. The van der Waals surface area contributed by atoms with E-state index in [0.717, 1.165) is 17.8 Å². The summed E-state index contributed by atoms with van der Waals surface area (Å²) in [6, 6.07) is 7.68. The molecule has 5 heteroatoms. The van der Waals surface area contributed by atoms with Crippen LogP contribution in [0, 0.1) is 0 Å². The summed E-state index contributed by atoms with van der Waals surface area (Å²) < 4.78 is 5.24. The first-order chi connectivity index (χ1) is 9.69. The van der Waals surface area contributed by atoms with Gasteiger partial charge in [0.05, 0.1) is 6.20 Å². The van der Waals surface area contributed by atoms with Crippen LogP contribution in [-0.2, 0) is 4.79 Å². The molecule has 1 atom stereocenters. The SMILES string of the molecule is CCNC(C)CC(=O)Nc1cccc(-c2cnco2)c1. The second kappa shape index (κ2) is 6.86. The molecule has 2 aromatic rings. The highest BCUT2D eigenvalue weighted by molar-refractivity contribution is 5.91. The monoisotopic (exact) mass is 273 g/mol. The van der Waals surface area contributed by atoms with Gasteiger partial charge in [-0.15, -0.1) is 0 Å². The van der Waals surface area contributed by atoms with Gasteiger partial charge in [-0.2, -0.15) is 0 Å². The highest BCUT2D eigenvalue weighted by Crippen LogP contribution is 2.22. The topological polar surface area (TPSA) is 67.2 Å². The fourth-order valence-electron chi connectivity index (χ4n) is 2.02. The van der Waals surface area contributed by atoms with Crippen LogP contribution in [0.1, 0.15) is 20.3 Å². The van der Waals surface area contributed by atoms with Crippen LogP contribution in [0.5, 0.6) is 0 Å². The van der Waals surface area contributed by atoms with Crippen LogP contribution in [0.15, 0.2) is 41.3 Å². The van der Waals surface area contributed by atoms with Gasteiger partial charge in [0, 0.05) is 23.7 Å². The van der Waals surface area contributed by atoms with Crippen molar-refractivity contribution in [3.05, 3.63) is 36.9 Å². The summed E-state index contributed by atoms with van der Waals surface area (Å²) in [6.07, 6.45) is 3.48. The molecule has 0 aliphatic carbocycles. The number of benzene rings is 1. The highest BCUT2D eigenvalue weighted by atomic mass is 16.3. The van der Waals surface area contributed by atoms with E-state index in [0.29, 0.717) is 12.2 Å². The third kappa shape index (κ3) is 3.93. The van der Waals surface area contributed by atoms with Gasteiger partial charge in [-0.3, -0.25) is 4.79 Å². The molecule has 5 nitrogen and oxygen atoms in total. The number of hydrogen-bond donors (Lipinski definition) is 2. The van der Waals surface area contributed by atoms with Gasteiger partial charge in [0.25, 0.3) is 0 Å². The number of oxazole rings is 1. The molecule has 0 bridgehead atoms. The van der Waals surface area contributed by atoms with Crippen molar-refractivity contribution in [2.24, 2.45) is 0 Å². The van der Waals surface area contributed by atoms with Crippen LogP contribution < -0.4 is 10.6 Å². The van der Waals surface area contributed by atoms with Crippen molar-refractivity contribution in [2.45, 2.75) is 26.3 Å². The van der Waals surface area contributed by atoms with Crippen LogP contribution in [0.3, 0.4) is 0 Å². The summed E-state index contributed by atoms with van der Waals surface area (Å²) in [6.45, 7) is 4.87. The Morgan fingerprint density at radius 3 is 3.00 bits per heavy atom. The lowest BCUT2D eigenvalue weighted by Crippen LogP contribution is -2.30. The van der Waals surface area contributed by atoms with Gasteiger partial charge in [0.15, 0.2) is 12.2 Å². The number of nitrogens with one attached hydrogen (secondary N) is 2. The Balaban J connectivity index is 1.99. The van der Waals surface area contributed by atoms with Crippen molar-refractivity contribution in [1.82, 2.24) is 10.3 Å². The van der Waals surface area contributed by atoms with Crippen molar-refractivity contribution >= 4 is 11.6 Å². The standard InChI is InChI=1S/C15H19N3O2/c1-3-17-11(2)7-15(19)18-13-6-4-5-12(8-13)14-9-16-10-20-14/h4-6,8-11,17H,3,7H2,1-2H3,(H,18,19). The number of aromatic nitrogens is 1. The van der Waals surface area contributed by atoms with Gasteiger partial charge in [0.1, 0.15) is 0 Å². The predicted octanol–water partition coefficient (Wildman–Crippen LogP) is 2.67. The summed E-state index contributed by atoms with van der Waals surface area (Å²) in [7, 11) is 0. The number of nitrogens with zero attached hydrogens (tertiary/aromatic N) is 1. The van der Waals surface area contributed by atoms with E-state index >= 15 is 0 Å². The second-order valence-corrected chi connectivity index (χ2v) is 4.66. The van der Waals surface area contributed by atoms with Crippen molar-refractivity contribution in [1.29, 1.82) is 0 Å². The molecule has 0 radical (unpaired) electrons. The molecule has 0 aliphatic rings. The molecule has 1 heterocycles. The molecular weight excluding hydrogens is 254 g/mol. The summed E-state index contributed by atoms with van der Waals surface area (Å²) in [5, 5.41) is 6.10. The Labute approximate surface area is 118 Å². The van der Waals surface area contributed by atoms with Crippen molar-refractivity contribution in [3.8, 4) is 11.3 Å². The molecule has 0 aliphatic heterocycles. The zero-order chi connectivity index (χ0) is 14.4. The number of carbonyl (C=O) groups is 1. The Morgan fingerprint density at radius 1 is 1.45 bits per heavy atom. The highest BCUT2D eigenvalue weighted by Gasteiger charge is 2.09. The first kappa shape index (κ1) is 14.3. The number of anilines is 1. The summed E-state index contributed by atoms with van der Waals surface area (Å²) in [4.78, 5) is 15.8. The third-order valence-electron chi connectivity index (χ3n) is 2.91. The second-order valence-electron chi connectivity index (χ2n) is 4.66. The van der Waals surface area contributed by atoms with Gasteiger partial charge in [0.2, 0.25) is 5.91 Å². The first-order valence-corrected chi connectivity index (χ1v) is 6.71. The van der Waals surface area contributed by atoms with Crippen LogP contribution in [-0.4, -0.2) is 23.5 Å². The Hall–Kier alpha value is -2.14. The molecule has 1 aromatic carbocycles. The summed E-state index contributed by atoms with van der Waals surface area (Å²) in [5.74, 6) is 0.676. The average molecular weight is 273 g/mol. The number of rotatable bonds is 6. The van der Waals surface area contributed by atoms with Gasteiger partial charge in [-0.05, 0) is 25.6 Å². The largest absolute Gasteiger partial charge is 0.444 e. The number of hydrogen-bond acceptors (Lipinski definition) is 4. The Bertz CT molecular complexity index is 552. The lowest BCUT2D eigenvalue weighted by Gasteiger charge is -2.12. The van der Waals surface area contributed by atoms with Crippen molar-refractivity contribution in [3.63, 3.8) is 0 Å². The average Bonchev–Trinajstić information content (AvgIpc) is 2.92. The maximum Gasteiger partial charge on any atom is 0.225 e. The number of amides is 1. The van der Waals surface area contributed by atoms with Gasteiger partial charge in [-0.25, -0.2) is 4.98 Å². The van der Waals surface area contributed by atoms with Crippen LogP contribution in [0.2, 0.25) is 0 Å². The fourth-order valence-corrected chi connectivity index (χ4v) is 2.02. The molecule has 0 saturated heterocycles. The van der Waals surface area contributed by atoms with E-state index in [9.17, 15) is 4.79 Å². The zero-order valence-corrected chi connectivity index (χ0v) is 11.7. The third-order valence-corrected chi connectivity index (χ3v) is 2.91. The molecule has 1 aromatic heterocycles. The minimum atomic E-state index is -0.00632. The normalized spacial score (nSPS) is 12.1. The van der Waals surface area contributed by atoms with Gasteiger partial charge in [-0.1, -0.05) is 19.1 Å². The van der Waals surface area contributed by atoms with E-state index < -0.39 is 0 Å². The minimum Gasteiger partial charge on any atom is -0.444 e. The minimum absolute atomic E-state index is 0.00632. The molecule has 1 unspecified atom stereocenters. The molecular formula is C15H19N3O2. The molecule has 2 N–H and O–H groups in total. The van der Waals surface area contributed by atoms with Crippen LogP contribution in [0.25, 0.3) is 11.3 Å². The molecule has 0 spiro atoms. The molecule has 106 valence electrons. The lowest BCUT2D eigenvalue weighted by atomic mass is 10.1. The lowest BCUT2D eigenvalue weighted by molar-refractivity contribution is -0.116. The van der Waals surface area contributed by atoms with E-state index in [2.05, 4.69) is 15.6 Å². The first-order valence-electron chi connectivity index (χ1n) is 6.71. The number of carbonyl (C=O) groups excluding carboxylic acids is 1. The van der Waals surface area contributed by atoms with E-state index in [1.165, 1.54) is 6.39 Å². The van der Waals surface area contributed by atoms with Gasteiger partial charge >= 0.3 is 0 Å². The Kier molecular flexibility index (Phi) is 4.90. The Morgan fingerprint density at radius 2 is 2.30 bits per heavy atom. The van der Waals surface area contributed by atoms with Crippen molar-refractivity contribution < 1.29 is 9.21 Å². The quantitative estimate of drug-likeness (QED) is 0.849. The molecule has 2 rings (SSSR count). The van der Waals surface area contributed by atoms with E-state index in [4.69, 9.17) is 4.42 Å². The summed E-state index contributed by atoms with van der Waals surface area (Å²) in [5.41, 5.74) is 1.65. The summed E-state index contributed by atoms with van der Waals surface area (Å²) >= 11 is 0. The molecule has 20 heavy (non-hydrogen) atoms. The van der Waals surface area contributed by atoms with E-state index in [1.807, 2.05) is 38.1 Å². The van der Waals surface area contributed by atoms with Crippen molar-refractivity contribution in [2.75, 3.05) is 11.9 Å². The van der Waals surface area contributed by atoms with E-state index in [-0.39, 0.29) is 11.9 Å². The molecule has 0 saturated carbocycles. The van der Waals surface area contributed by atoms with Crippen LogP contribution >= 0.6 is 0 Å². The maximum atomic E-state index is 11.9. The molecule has 0 fully saturated rings. The van der Waals surface area contributed by atoms with Gasteiger partial charge < -0.3 is 15.1 Å².